The number of hydrogen-bond donors (Lipinski definition) is 0. The van der Waals surface area contributed by atoms with Crippen molar-refractivity contribution in [2.24, 2.45) is 11.8 Å². The molecule has 0 N–H and O–H groups in total. The number of likely N-dealkylation sites (tertiary alicyclic amines) is 1. The van der Waals surface area contributed by atoms with Crippen LogP contribution >= 0.6 is 0 Å². The predicted octanol–water partition coefficient (Wildman–Crippen LogP) is 2.04. The minimum atomic E-state index is -4.41. The largest absolute Gasteiger partial charge is 0.406 e. The zero-order valence-electron chi connectivity index (χ0n) is 12.3. The molecule has 1 aliphatic heterocycles. The third-order valence-corrected chi connectivity index (χ3v) is 3.77. The molecule has 0 radical (unpaired) electrons. The summed E-state index contributed by atoms with van der Waals surface area (Å²) in [5.41, 5.74) is 0. The lowest BCUT2D eigenvalue weighted by Gasteiger charge is -2.27. The second-order valence-electron chi connectivity index (χ2n) is 6.41. The van der Waals surface area contributed by atoms with E-state index in [2.05, 4.69) is 0 Å². The molecule has 2 fully saturated rings. The minimum Gasteiger partial charge on any atom is -0.339 e. The van der Waals surface area contributed by atoms with Crippen molar-refractivity contribution in [1.29, 1.82) is 0 Å². The topological polar surface area (TPSA) is 40.6 Å². The van der Waals surface area contributed by atoms with Gasteiger partial charge in [0.1, 0.15) is 6.54 Å². The summed E-state index contributed by atoms with van der Waals surface area (Å²) < 4.78 is 37.2. The molecule has 0 spiro atoms. The van der Waals surface area contributed by atoms with Gasteiger partial charge in [0.2, 0.25) is 11.8 Å². The van der Waals surface area contributed by atoms with Gasteiger partial charge in [-0.3, -0.25) is 9.59 Å². The third-order valence-electron chi connectivity index (χ3n) is 3.77. The molecule has 0 aromatic heterocycles. The Hall–Kier alpha value is -1.27. The van der Waals surface area contributed by atoms with Crippen molar-refractivity contribution >= 4 is 11.8 Å². The third kappa shape index (κ3) is 4.35. The van der Waals surface area contributed by atoms with Gasteiger partial charge in [0.25, 0.3) is 0 Å². The Morgan fingerprint density at radius 3 is 2.48 bits per heavy atom. The molecule has 0 bridgehead atoms. The van der Waals surface area contributed by atoms with E-state index in [0.717, 1.165) is 17.7 Å². The van der Waals surface area contributed by atoms with E-state index in [1.54, 1.807) is 4.90 Å². The maximum absolute atomic E-state index is 12.5. The molecule has 2 aliphatic rings. The molecule has 1 atom stereocenters. The lowest BCUT2D eigenvalue weighted by molar-refractivity contribution is -0.157. The fourth-order valence-electron chi connectivity index (χ4n) is 2.74. The maximum Gasteiger partial charge on any atom is 0.406 e. The zero-order valence-corrected chi connectivity index (χ0v) is 12.3. The molecule has 120 valence electrons. The summed E-state index contributed by atoms with van der Waals surface area (Å²) in [6.07, 6.45) is -2.62. The van der Waals surface area contributed by atoms with Crippen LogP contribution in [-0.4, -0.2) is 53.5 Å². The fourth-order valence-corrected chi connectivity index (χ4v) is 2.74. The van der Waals surface area contributed by atoms with E-state index in [1.165, 1.54) is 0 Å². The first-order valence-electron chi connectivity index (χ1n) is 7.32. The maximum atomic E-state index is 12.5. The van der Waals surface area contributed by atoms with Gasteiger partial charge in [-0.05, 0) is 18.8 Å². The summed E-state index contributed by atoms with van der Waals surface area (Å²) in [5.74, 6) is -1.06. The van der Waals surface area contributed by atoms with Gasteiger partial charge in [0.15, 0.2) is 0 Å². The van der Waals surface area contributed by atoms with Gasteiger partial charge >= 0.3 is 6.18 Å². The second-order valence-corrected chi connectivity index (χ2v) is 6.41. The molecule has 0 aromatic carbocycles. The van der Waals surface area contributed by atoms with Crippen LogP contribution in [0.5, 0.6) is 0 Å². The monoisotopic (exact) mass is 306 g/mol. The van der Waals surface area contributed by atoms with E-state index in [-0.39, 0.29) is 24.9 Å². The summed E-state index contributed by atoms with van der Waals surface area (Å²) in [4.78, 5) is 26.7. The van der Waals surface area contributed by atoms with E-state index in [0.29, 0.717) is 12.5 Å². The molecule has 1 unspecified atom stereocenters. The molecule has 7 heteroatoms. The van der Waals surface area contributed by atoms with Crippen molar-refractivity contribution < 1.29 is 22.8 Å². The van der Waals surface area contributed by atoms with Gasteiger partial charge in [-0.25, -0.2) is 0 Å². The molecular formula is C14H21F3N2O2. The summed E-state index contributed by atoms with van der Waals surface area (Å²) >= 11 is 0. The van der Waals surface area contributed by atoms with Crippen LogP contribution in [0.3, 0.4) is 0 Å². The molecule has 21 heavy (non-hydrogen) atoms. The van der Waals surface area contributed by atoms with Gasteiger partial charge in [0.05, 0.1) is 5.92 Å². The summed E-state index contributed by atoms with van der Waals surface area (Å²) in [5, 5.41) is 0. The zero-order chi connectivity index (χ0) is 15.8. The smallest absolute Gasteiger partial charge is 0.339 e. The first-order chi connectivity index (χ1) is 9.67. The molecule has 0 aromatic rings. The molecule has 1 heterocycles. The summed E-state index contributed by atoms with van der Waals surface area (Å²) in [6, 6.07) is 0.215. The van der Waals surface area contributed by atoms with Gasteiger partial charge < -0.3 is 9.80 Å². The highest BCUT2D eigenvalue weighted by molar-refractivity contribution is 5.89. The van der Waals surface area contributed by atoms with E-state index in [4.69, 9.17) is 0 Å². The van der Waals surface area contributed by atoms with Crippen molar-refractivity contribution in [1.82, 2.24) is 9.80 Å². The van der Waals surface area contributed by atoms with Crippen LogP contribution in [0.1, 0.15) is 33.1 Å². The SMILES string of the molecule is CC(C)CN(C(=O)C1CC(=O)N(CC(F)(F)F)C1)C1CC1. The number of amides is 2. The van der Waals surface area contributed by atoms with Gasteiger partial charge in [-0.15, -0.1) is 0 Å². The Morgan fingerprint density at radius 1 is 1.38 bits per heavy atom. The van der Waals surface area contributed by atoms with Crippen LogP contribution in [0.2, 0.25) is 0 Å². The van der Waals surface area contributed by atoms with Crippen molar-refractivity contribution in [2.45, 2.75) is 45.3 Å². The van der Waals surface area contributed by atoms with E-state index >= 15 is 0 Å². The Morgan fingerprint density at radius 2 is 2.00 bits per heavy atom. The lowest BCUT2D eigenvalue weighted by Crippen LogP contribution is -2.41. The van der Waals surface area contributed by atoms with Crippen LogP contribution in [-0.2, 0) is 9.59 Å². The van der Waals surface area contributed by atoms with Crippen molar-refractivity contribution in [3.8, 4) is 0 Å². The average Bonchev–Trinajstić information content (AvgIpc) is 3.10. The van der Waals surface area contributed by atoms with Crippen LogP contribution < -0.4 is 0 Å². The lowest BCUT2D eigenvalue weighted by atomic mass is 10.1. The quantitative estimate of drug-likeness (QED) is 0.780. The molecule has 4 nitrogen and oxygen atoms in total. The minimum absolute atomic E-state index is 0.101. The highest BCUT2D eigenvalue weighted by atomic mass is 19.4. The molecule has 2 rings (SSSR count). The number of nitrogens with zero attached hydrogens (tertiary/aromatic N) is 2. The molecule has 1 saturated heterocycles. The Bertz CT molecular complexity index is 419. The first kappa shape index (κ1) is 16.1. The number of rotatable bonds is 5. The highest BCUT2D eigenvalue weighted by Gasteiger charge is 2.43. The van der Waals surface area contributed by atoms with Crippen LogP contribution in [0.25, 0.3) is 0 Å². The summed E-state index contributed by atoms with van der Waals surface area (Å²) in [6.45, 7) is 3.23. The average molecular weight is 306 g/mol. The second kappa shape index (κ2) is 5.85. The Kier molecular flexibility index (Phi) is 4.49. The fraction of sp³-hybridized carbons (Fsp3) is 0.857. The number of halogens is 3. The van der Waals surface area contributed by atoms with Crippen molar-refractivity contribution in [3.63, 3.8) is 0 Å². The van der Waals surface area contributed by atoms with E-state index < -0.39 is 24.5 Å². The molecular weight excluding hydrogens is 285 g/mol. The molecule has 1 saturated carbocycles. The summed E-state index contributed by atoms with van der Waals surface area (Å²) in [7, 11) is 0. The van der Waals surface area contributed by atoms with Crippen LogP contribution in [0.15, 0.2) is 0 Å². The van der Waals surface area contributed by atoms with Gasteiger partial charge in [0, 0.05) is 25.6 Å². The van der Waals surface area contributed by atoms with Gasteiger partial charge in [-0.1, -0.05) is 13.8 Å². The number of hydrogen-bond acceptors (Lipinski definition) is 2. The van der Waals surface area contributed by atoms with Crippen LogP contribution in [0.4, 0.5) is 13.2 Å². The van der Waals surface area contributed by atoms with E-state index in [9.17, 15) is 22.8 Å². The van der Waals surface area contributed by atoms with Crippen molar-refractivity contribution in [2.75, 3.05) is 19.6 Å². The molecule has 2 amide bonds. The standard InChI is InChI=1S/C14H21F3N2O2/c1-9(2)6-19(11-3-4-11)13(21)10-5-12(20)18(7-10)8-14(15,16)17/h9-11H,3-8H2,1-2H3. The molecule has 1 aliphatic carbocycles. The number of alkyl halides is 3. The van der Waals surface area contributed by atoms with Crippen LogP contribution in [0, 0.1) is 11.8 Å². The first-order valence-corrected chi connectivity index (χ1v) is 7.32. The number of carbonyl (C=O) groups excluding carboxylic acids is 2. The van der Waals surface area contributed by atoms with Crippen molar-refractivity contribution in [3.05, 3.63) is 0 Å². The number of carbonyl (C=O) groups is 2. The Labute approximate surface area is 122 Å². The van der Waals surface area contributed by atoms with Gasteiger partial charge in [-0.2, -0.15) is 13.2 Å². The predicted molar refractivity (Wildman–Crippen MR) is 70.3 cm³/mol. The Balaban J connectivity index is 1.98. The highest BCUT2D eigenvalue weighted by Crippen LogP contribution is 2.31. The normalized spacial score (nSPS) is 23.0. The van der Waals surface area contributed by atoms with E-state index in [1.807, 2.05) is 13.8 Å².